The number of carbonyl (C=O) groups excluding carboxylic acids is 1. The summed E-state index contributed by atoms with van der Waals surface area (Å²) in [5.74, 6) is 5.03. The van der Waals surface area contributed by atoms with E-state index >= 15 is 0 Å². The molecule has 2 aromatic rings. The van der Waals surface area contributed by atoms with Crippen LogP contribution in [0.15, 0.2) is 18.2 Å². The summed E-state index contributed by atoms with van der Waals surface area (Å²) in [7, 11) is 0. The van der Waals surface area contributed by atoms with Crippen molar-refractivity contribution in [1.29, 1.82) is 0 Å². The van der Waals surface area contributed by atoms with E-state index in [1.54, 1.807) is 0 Å². The van der Waals surface area contributed by atoms with Crippen molar-refractivity contribution in [1.82, 2.24) is 19.7 Å². The highest BCUT2D eigenvalue weighted by atomic mass is 16.2. The van der Waals surface area contributed by atoms with E-state index in [2.05, 4.69) is 68.5 Å². The largest absolute Gasteiger partial charge is 0.326 e. The lowest BCUT2D eigenvalue weighted by Gasteiger charge is -2.36. The highest BCUT2D eigenvalue weighted by molar-refractivity contribution is 5.94. The predicted octanol–water partition coefficient (Wildman–Crippen LogP) is 6.08. The number of carbonyl (C=O) groups is 1. The van der Waals surface area contributed by atoms with Crippen LogP contribution in [0.4, 0.5) is 5.69 Å². The molecule has 196 valence electrons. The van der Waals surface area contributed by atoms with Gasteiger partial charge in [-0.2, -0.15) is 0 Å². The molecular weight excluding hydrogens is 446 g/mol. The van der Waals surface area contributed by atoms with E-state index in [0.29, 0.717) is 17.9 Å². The second kappa shape index (κ2) is 10.3. The molecule has 0 bridgehead atoms. The number of aromatic nitrogens is 3. The van der Waals surface area contributed by atoms with Crippen LogP contribution in [-0.2, 0) is 4.79 Å². The molecule has 0 spiro atoms. The Kier molecular flexibility index (Phi) is 7.26. The summed E-state index contributed by atoms with van der Waals surface area (Å²) in [5.41, 5.74) is 3.24. The van der Waals surface area contributed by atoms with E-state index < -0.39 is 0 Å². The molecule has 1 aliphatic heterocycles. The maximum Gasteiger partial charge on any atom is 0.229 e. The number of amides is 1. The first-order valence-corrected chi connectivity index (χ1v) is 14.2. The summed E-state index contributed by atoms with van der Waals surface area (Å²) >= 11 is 0. The molecule has 1 amide bonds. The van der Waals surface area contributed by atoms with Crippen molar-refractivity contribution >= 4 is 11.6 Å². The second-order valence-electron chi connectivity index (χ2n) is 12.8. The number of hydrogen-bond donors (Lipinski definition) is 1. The second-order valence-corrected chi connectivity index (χ2v) is 12.8. The number of hydrogen-bond acceptors (Lipinski definition) is 4. The average Bonchev–Trinajstić information content (AvgIpc) is 3.38. The SMILES string of the molecule is Cc1ccc(NC(=O)[C@H]2CN(CC(C)C)C[C@@H]2c2nnc(C3CC(CC(C)C)C3)n2C2CC2)c(C)c1. The van der Waals surface area contributed by atoms with Crippen LogP contribution in [-0.4, -0.2) is 45.2 Å². The Morgan fingerprint density at radius 1 is 1.03 bits per heavy atom. The van der Waals surface area contributed by atoms with Crippen molar-refractivity contribution in [2.45, 2.75) is 91.5 Å². The van der Waals surface area contributed by atoms with Gasteiger partial charge in [-0.15, -0.1) is 10.2 Å². The first-order valence-electron chi connectivity index (χ1n) is 14.2. The Labute approximate surface area is 217 Å². The van der Waals surface area contributed by atoms with Crippen molar-refractivity contribution in [2.24, 2.45) is 23.7 Å². The van der Waals surface area contributed by atoms with Gasteiger partial charge in [0.25, 0.3) is 0 Å². The van der Waals surface area contributed by atoms with Gasteiger partial charge in [0.05, 0.1) is 5.92 Å². The summed E-state index contributed by atoms with van der Waals surface area (Å²) in [4.78, 5) is 16.2. The van der Waals surface area contributed by atoms with Crippen molar-refractivity contribution in [3.63, 3.8) is 0 Å². The standard InChI is InChI=1S/C30H45N5O/c1-18(2)11-22-13-23(14-22)28-32-33-29(35(28)24-8-9-24)25-16-34(15-19(3)4)17-26(25)30(36)31-27-10-7-20(5)12-21(27)6/h7,10,12,18-19,22-26H,8-9,11,13-17H2,1-6H3,(H,31,36)/t22?,23?,25-,26-/m0/s1. The molecule has 36 heavy (non-hydrogen) atoms. The third kappa shape index (κ3) is 5.39. The molecule has 6 nitrogen and oxygen atoms in total. The molecule has 2 heterocycles. The zero-order valence-corrected chi connectivity index (χ0v) is 23.1. The molecule has 5 rings (SSSR count). The summed E-state index contributed by atoms with van der Waals surface area (Å²) in [5, 5.41) is 12.9. The minimum absolute atomic E-state index is 0.0860. The molecule has 6 heteroatoms. The van der Waals surface area contributed by atoms with E-state index in [0.717, 1.165) is 48.5 Å². The van der Waals surface area contributed by atoms with Crippen molar-refractivity contribution < 1.29 is 4.79 Å². The smallest absolute Gasteiger partial charge is 0.229 e. The first-order chi connectivity index (χ1) is 17.2. The molecule has 1 saturated heterocycles. The van der Waals surface area contributed by atoms with Crippen LogP contribution in [0.2, 0.25) is 0 Å². The van der Waals surface area contributed by atoms with E-state index in [9.17, 15) is 4.79 Å². The van der Waals surface area contributed by atoms with Gasteiger partial charge in [0.2, 0.25) is 5.91 Å². The number of likely N-dealkylation sites (tertiary alicyclic amines) is 1. The van der Waals surface area contributed by atoms with Gasteiger partial charge in [0.1, 0.15) is 11.6 Å². The number of anilines is 1. The third-order valence-corrected chi connectivity index (χ3v) is 8.39. The van der Waals surface area contributed by atoms with E-state index in [4.69, 9.17) is 10.2 Å². The molecule has 2 aliphatic carbocycles. The number of nitrogens with zero attached hydrogens (tertiary/aromatic N) is 4. The molecule has 1 N–H and O–H groups in total. The zero-order valence-electron chi connectivity index (χ0n) is 23.1. The Bertz CT molecular complexity index is 1080. The maximum atomic E-state index is 13.7. The minimum Gasteiger partial charge on any atom is -0.326 e. The fraction of sp³-hybridized carbons (Fsp3) is 0.700. The lowest BCUT2D eigenvalue weighted by molar-refractivity contribution is -0.120. The first kappa shape index (κ1) is 25.4. The molecule has 0 unspecified atom stereocenters. The van der Waals surface area contributed by atoms with E-state index in [1.807, 2.05) is 6.07 Å². The average molecular weight is 492 g/mol. The highest BCUT2D eigenvalue weighted by Gasteiger charge is 2.45. The van der Waals surface area contributed by atoms with Crippen LogP contribution >= 0.6 is 0 Å². The van der Waals surface area contributed by atoms with Gasteiger partial charge >= 0.3 is 0 Å². The Morgan fingerprint density at radius 2 is 1.75 bits per heavy atom. The van der Waals surface area contributed by atoms with Crippen LogP contribution in [0, 0.1) is 37.5 Å². The zero-order chi connectivity index (χ0) is 25.6. The molecule has 0 radical (unpaired) electrons. The summed E-state index contributed by atoms with van der Waals surface area (Å²) < 4.78 is 2.48. The lowest BCUT2D eigenvalue weighted by atomic mass is 9.71. The van der Waals surface area contributed by atoms with Crippen molar-refractivity contribution in [3.05, 3.63) is 41.0 Å². The molecule has 3 fully saturated rings. The van der Waals surface area contributed by atoms with Gasteiger partial charge in [-0.1, -0.05) is 45.4 Å². The molecule has 3 aliphatic rings. The molecule has 1 aromatic carbocycles. The van der Waals surface area contributed by atoms with Gasteiger partial charge in [0.15, 0.2) is 0 Å². The van der Waals surface area contributed by atoms with Gasteiger partial charge in [-0.3, -0.25) is 4.79 Å². The van der Waals surface area contributed by atoms with Crippen molar-refractivity contribution in [2.75, 3.05) is 25.0 Å². The van der Waals surface area contributed by atoms with Crippen LogP contribution in [0.3, 0.4) is 0 Å². The number of aryl methyl sites for hydroxylation is 2. The number of benzene rings is 1. The maximum absolute atomic E-state index is 13.7. The third-order valence-electron chi connectivity index (χ3n) is 8.39. The van der Waals surface area contributed by atoms with E-state index in [1.165, 1.54) is 43.5 Å². The Hall–Kier alpha value is -2.21. The van der Waals surface area contributed by atoms with Crippen LogP contribution in [0.25, 0.3) is 0 Å². The van der Waals surface area contributed by atoms with Gasteiger partial charge in [-0.25, -0.2) is 0 Å². The summed E-state index contributed by atoms with van der Waals surface area (Å²) in [6.07, 6.45) is 6.21. The summed E-state index contributed by atoms with van der Waals surface area (Å²) in [6, 6.07) is 6.76. The molecule has 2 saturated carbocycles. The van der Waals surface area contributed by atoms with Crippen LogP contribution in [0.1, 0.15) is 100 Å². The van der Waals surface area contributed by atoms with Gasteiger partial charge in [-0.05, 0) is 75.3 Å². The Morgan fingerprint density at radius 3 is 2.39 bits per heavy atom. The normalized spacial score (nSPS) is 26.6. The molecule has 1 aromatic heterocycles. The highest BCUT2D eigenvalue weighted by Crippen LogP contribution is 2.48. The van der Waals surface area contributed by atoms with Crippen LogP contribution in [0.5, 0.6) is 0 Å². The predicted molar refractivity (Wildman–Crippen MR) is 145 cm³/mol. The molecule has 2 atom stereocenters. The van der Waals surface area contributed by atoms with E-state index in [-0.39, 0.29) is 17.7 Å². The molecular formula is C30H45N5O. The van der Waals surface area contributed by atoms with Gasteiger partial charge in [0, 0.05) is 43.2 Å². The minimum atomic E-state index is -0.117. The van der Waals surface area contributed by atoms with Gasteiger partial charge < -0.3 is 14.8 Å². The monoisotopic (exact) mass is 491 g/mol. The van der Waals surface area contributed by atoms with Crippen LogP contribution < -0.4 is 5.32 Å². The fourth-order valence-corrected chi connectivity index (χ4v) is 6.62. The lowest BCUT2D eigenvalue weighted by Crippen LogP contribution is -2.31. The van der Waals surface area contributed by atoms with Crippen molar-refractivity contribution in [3.8, 4) is 0 Å². The summed E-state index contributed by atoms with van der Waals surface area (Å²) in [6.45, 7) is 16.0. The quantitative estimate of drug-likeness (QED) is 0.462. The Balaban J connectivity index is 1.39. The fourth-order valence-electron chi connectivity index (χ4n) is 6.62. The number of rotatable bonds is 9. The topological polar surface area (TPSA) is 63.1 Å². The number of nitrogens with one attached hydrogen (secondary N) is 1.